The molecule has 2 saturated heterocycles. The normalized spacial score (nSPS) is 28.9. The van der Waals surface area contributed by atoms with Gasteiger partial charge in [0.1, 0.15) is 18.3 Å². The van der Waals surface area contributed by atoms with Gasteiger partial charge in [-0.1, -0.05) is 18.2 Å². The van der Waals surface area contributed by atoms with E-state index in [0.717, 1.165) is 4.68 Å². The molecule has 2 aliphatic rings. The van der Waals surface area contributed by atoms with Gasteiger partial charge in [0.25, 0.3) is 11.5 Å². The Morgan fingerprint density at radius 3 is 2.75 bits per heavy atom. The van der Waals surface area contributed by atoms with E-state index in [-0.39, 0.29) is 36.6 Å². The number of nitrogens with one attached hydrogen (secondary N) is 1. The van der Waals surface area contributed by atoms with Gasteiger partial charge in [0, 0.05) is 12.4 Å². The summed E-state index contributed by atoms with van der Waals surface area (Å²) in [7, 11) is 1.51. The lowest BCUT2D eigenvalue weighted by Crippen LogP contribution is -2.45. The Bertz CT molecular complexity index is 864. The number of fused-ring (bicyclic) bond motifs is 2. The highest BCUT2D eigenvalue weighted by Crippen LogP contribution is 2.27. The fraction of sp³-hybridized carbons (Fsp3) is 0.438. The van der Waals surface area contributed by atoms with E-state index >= 15 is 0 Å². The van der Waals surface area contributed by atoms with Gasteiger partial charge in [0.2, 0.25) is 0 Å². The average Bonchev–Trinajstić information content (AvgIpc) is 3.15. The number of aliphatic hydroxyl groups is 1. The zero-order valence-electron chi connectivity index (χ0n) is 13.0. The third-order valence-corrected chi connectivity index (χ3v) is 4.52. The van der Waals surface area contributed by atoms with Gasteiger partial charge in [-0.15, -0.1) is 0 Å². The Balaban J connectivity index is 1.65. The molecule has 2 aliphatic heterocycles. The molecule has 0 aliphatic carbocycles. The highest BCUT2D eigenvalue weighted by atomic mass is 16.6. The molecule has 2 N–H and O–H groups in total. The number of hydrogen-bond acceptors (Lipinski definition) is 6. The maximum Gasteiger partial charge on any atom is 0.274 e. The molecule has 8 nitrogen and oxygen atoms in total. The Kier molecular flexibility index (Phi) is 3.60. The number of rotatable bonds is 2. The van der Waals surface area contributed by atoms with E-state index in [0.29, 0.717) is 10.8 Å². The molecule has 0 saturated carbocycles. The van der Waals surface area contributed by atoms with E-state index in [1.54, 1.807) is 24.3 Å². The quantitative estimate of drug-likeness (QED) is 0.746. The Labute approximate surface area is 137 Å². The summed E-state index contributed by atoms with van der Waals surface area (Å²) in [5.74, 6) is -0.402. The standard InChI is InChI=1S/C16H17N3O5/c1-19-16(22)9-5-3-2-4-8(9)12(18-19)15(21)17-10-6-23-14-11(20)7-24-13(10)14/h2-5,10-11,13-14,20H,6-7H2,1H3,(H,17,21)/t10-,11-,13-,14-/m1/s1. The minimum absolute atomic E-state index is 0.176. The maximum atomic E-state index is 12.7. The van der Waals surface area contributed by atoms with Gasteiger partial charge in [0.05, 0.1) is 24.6 Å². The highest BCUT2D eigenvalue weighted by Gasteiger charge is 2.47. The summed E-state index contributed by atoms with van der Waals surface area (Å²) in [6, 6.07) is 6.50. The molecule has 3 heterocycles. The van der Waals surface area contributed by atoms with E-state index in [4.69, 9.17) is 9.47 Å². The molecule has 0 bridgehead atoms. The number of aryl methyl sites for hydroxylation is 1. The fourth-order valence-electron chi connectivity index (χ4n) is 3.31. The third kappa shape index (κ3) is 2.31. The summed E-state index contributed by atoms with van der Waals surface area (Å²) < 4.78 is 12.2. The molecule has 4 rings (SSSR count). The zero-order chi connectivity index (χ0) is 16.8. The molecule has 0 spiro atoms. The molecular formula is C16H17N3O5. The number of aliphatic hydroxyl groups excluding tert-OH is 1. The number of aromatic nitrogens is 2. The first-order valence-corrected chi connectivity index (χ1v) is 7.74. The minimum atomic E-state index is -0.673. The van der Waals surface area contributed by atoms with Crippen LogP contribution in [0.15, 0.2) is 29.1 Å². The number of benzene rings is 1. The molecule has 8 heteroatoms. The molecule has 126 valence electrons. The molecule has 0 unspecified atom stereocenters. The van der Waals surface area contributed by atoms with Crippen molar-refractivity contribution in [2.24, 2.45) is 7.05 Å². The summed E-state index contributed by atoms with van der Waals surface area (Å²) in [6.45, 7) is 0.463. The molecule has 24 heavy (non-hydrogen) atoms. The summed E-state index contributed by atoms with van der Waals surface area (Å²) >= 11 is 0. The molecular weight excluding hydrogens is 314 g/mol. The van der Waals surface area contributed by atoms with Gasteiger partial charge in [0.15, 0.2) is 5.69 Å². The van der Waals surface area contributed by atoms with Crippen LogP contribution in [-0.4, -0.2) is 58.4 Å². The van der Waals surface area contributed by atoms with Crippen LogP contribution in [0.5, 0.6) is 0 Å². The first-order chi connectivity index (χ1) is 11.6. The highest BCUT2D eigenvalue weighted by molar-refractivity contribution is 6.04. The van der Waals surface area contributed by atoms with Crippen LogP contribution in [0.25, 0.3) is 10.8 Å². The molecule has 4 atom stereocenters. The van der Waals surface area contributed by atoms with Gasteiger partial charge in [-0.2, -0.15) is 5.10 Å². The monoisotopic (exact) mass is 331 g/mol. The lowest BCUT2D eigenvalue weighted by atomic mass is 10.1. The molecule has 1 aromatic carbocycles. The van der Waals surface area contributed by atoms with Crippen molar-refractivity contribution >= 4 is 16.7 Å². The van der Waals surface area contributed by atoms with Crippen molar-refractivity contribution in [3.05, 3.63) is 40.3 Å². The van der Waals surface area contributed by atoms with Crippen LogP contribution in [0.2, 0.25) is 0 Å². The van der Waals surface area contributed by atoms with Crippen molar-refractivity contribution < 1.29 is 19.4 Å². The van der Waals surface area contributed by atoms with Crippen molar-refractivity contribution in [3.63, 3.8) is 0 Å². The lowest BCUT2D eigenvalue weighted by Gasteiger charge is -2.17. The van der Waals surface area contributed by atoms with Crippen LogP contribution < -0.4 is 10.9 Å². The molecule has 1 aromatic heterocycles. The second kappa shape index (κ2) is 5.66. The number of hydrogen-bond donors (Lipinski definition) is 2. The van der Waals surface area contributed by atoms with Crippen molar-refractivity contribution in [3.8, 4) is 0 Å². The lowest BCUT2D eigenvalue weighted by molar-refractivity contribution is 0.0178. The van der Waals surface area contributed by atoms with Crippen molar-refractivity contribution in [2.75, 3.05) is 13.2 Å². The molecule has 0 radical (unpaired) electrons. The van der Waals surface area contributed by atoms with Crippen molar-refractivity contribution in [2.45, 2.75) is 24.4 Å². The summed E-state index contributed by atoms with van der Waals surface area (Å²) in [6.07, 6.45) is -1.46. The number of carbonyl (C=O) groups is 1. The summed E-state index contributed by atoms with van der Waals surface area (Å²) in [5, 5.41) is 17.7. The van der Waals surface area contributed by atoms with Gasteiger partial charge in [-0.05, 0) is 6.07 Å². The van der Waals surface area contributed by atoms with E-state index in [9.17, 15) is 14.7 Å². The van der Waals surface area contributed by atoms with Crippen LogP contribution in [0, 0.1) is 0 Å². The second-order valence-electron chi connectivity index (χ2n) is 6.07. The van der Waals surface area contributed by atoms with Gasteiger partial charge in [-0.25, -0.2) is 4.68 Å². The Morgan fingerprint density at radius 1 is 1.25 bits per heavy atom. The minimum Gasteiger partial charge on any atom is -0.388 e. The molecule has 2 aromatic rings. The van der Waals surface area contributed by atoms with Gasteiger partial charge in [-0.3, -0.25) is 9.59 Å². The number of ether oxygens (including phenoxy) is 2. The van der Waals surface area contributed by atoms with Crippen LogP contribution in [0.3, 0.4) is 0 Å². The van der Waals surface area contributed by atoms with Gasteiger partial charge >= 0.3 is 0 Å². The van der Waals surface area contributed by atoms with Crippen LogP contribution >= 0.6 is 0 Å². The first kappa shape index (κ1) is 15.3. The van der Waals surface area contributed by atoms with Crippen molar-refractivity contribution in [1.82, 2.24) is 15.1 Å². The molecule has 2 fully saturated rings. The van der Waals surface area contributed by atoms with Crippen LogP contribution in [-0.2, 0) is 16.5 Å². The van der Waals surface area contributed by atoms with E-state index < -0.39 is 18.1 Å². The van der Waals surface area contributed by atoms with Gasteiger partial charge < -0.3 is 19.9 Å². The molecule has 1 amide bonds. The van der Waals surface area contributed by atoms with E-state index in [2.05, 4.69) is 10.4 Å². The van der Waals surface area contributed by atoms with Crippen molar-refractivity contribution in [1.29, 1.82) is 0 Å². The number of carbonyl (C=O) groups excluding carboxylic acids is 1. The summed E-state index contributed by atoms with van der Waals surface area (Å²) in [4.78, 5) is 24.8. The average molecular weight is 331 g/mol. The maximum absolute atomic E-state index is 12.7. The Morgan fingerprint density at radius 2 is 1.96 bits per heavy atom. The smallest absolute Gasteiger partial charge is 0.274 e. The van der Waals surface area contributed by atoms with E-state index in [1.807, 2.05) is 0 Å². The zero-order valence-corrected chi connectivity index (χ0v) is 13.0. The summed E-state index contributed by atoms with van der Waals surface area (Å²) in [5.41, 5.74) is -0.0802. The second-order valence-corrected chi connectivity index (χ2v) is 6.07. The number of amides is 1. The Hall–Kier alpha value is -2.29. The largest absolute Gasteiger partial charge is 0.388 e. The SMILES string of the molecule is Cn1nc(C(=O)N[C@@H]2CO[C@H]3[C@@H]2OC[C@H]3O)c2ccccc2c1=O. The number of nitrogens with zero attached hydrogens (tertiary/aromatic N) is 2. The van der Waals surface area contributed by atoms with Crippen LogP contribution in [0.4, 0.5) is 0 Å². The third-order valence-electron chi connectivity index (χ3n) is 4.52. The predicted octanol–water partition coefficient (Wildman–Crippen LogP) is -0.810. The topological polar surface area (TPSA) is 103 Å². The predicted molar refractivity (Wildman–Crippen MR) is 83.7 cm³/mol. The first-order valence-electron chi connectivity index (χ1n) is 7.74. The fourth-order valence-corrected chi connectivity index (χ4v) is 3.31. The van der Waals surface area contributed by atoms with E-state index in [1.165, 1.54) is 7.05 Å². The van der Waals surface area contributed by atoms with Crippen LogP contribution in [0.1, 0.15) is 10.5 Å².